The van der Waals surface area contributed by atoms with Crippen molar-refractivity contribution in [1.82, 2.24) is 14.5 Å². The van der Waals surface area contributed by atoms with E-state index in [1.54, 1.807) is 18.8 Å². The summed E-state index contributed by atoms with van der Waals surface area (Å²) < 4.78 is 14.2. The Hall–Kier alpha value is -3.85. The number of aromatic nitrogens is 2. The monoisotopic (exact) mass is 449 g/mol. The molecule has 172 valence electrons. The second kappa shape index (κ2) is 9.33. The lowest BCUT2D eigenvalue weighted by Crippen LogP contribution is -2.49. The molecule has 4 rings (SSSR count). The lowest BCUT2D eigenvalue weighted by atomic mass is 9.97. The number of nitrogens with one attached hydrogen (secondary N) is 1. The Morgan fingerprint density at radius 3 is 2.61 bits per heavy atom. The average molecular weight is 450 g/mol. The lowest BCUT2D eigenvalue weighted by molar-refractivity contribution is -0.110. The van der Waals surface area contributed by atoms with Gasteiger partial charge in [-0.15, -0.1) is 0 Å². The van der Waals surface area contributed by atoms with Crippen LogP contribution >= 0.6 is 0 Å². The molecule has 1 aliphatic rings. The molecular weight excluding hydrogens is 422 g/mol. The van der Waals surface area contributed by atoms with Gasteiger partial charge in [0.05, 0.1) is 38.3 Å². The highest BCUT2D eigenvalue weighted by molar-refractivity contribution is 5.70. The first-order chi connectivity index (χ1) is 16.0. The van der Waals surface area contributed by atoms with Crippen LogP contribution in [0.1, 0.15) is 11.1 Å². The summed E-state index contributed by atoms with van der Waals surface area (Å²) in [6.45, 7) is 2.54. The van der Waals surface area contributed by atoms with Gasteiger partial charge in [0.15, 0.2) is 11.5 Å². The number of carbonyl (C=O) groups is 1. The van der Waals surface area contributed by atoms with Gasteiger partial charge in [-0.2, -0.15) is 0 Å². The minimum absolute atomic E-state index is 0.0847. The fourth-order valence-corrected chi connectivity index (χ4v) is 4.08. The van der Waals surface area contributed by atoms with Crippen molar-refractivity contribution in [2.24, 2.45) is 10.7 Å². The summed E-state index contributed by atoms with van der Waals surface area (Å²) in [5.74, 6) is 1.23. The van der Waals surface area contributed by atoms with Crippen molar-refractivity contribution in [3.05, 3.63) is 69.6 Å². The van der Waals surface area contributed by atoms with Gasteiger partial charge in [0, 0.05) is 18.2 Å². The van der Waals surface area contributed by atoms with E-state index in [0.29, 0.717) is 36.4 Å². The quantitative estimate of drug-likeness (QED) is 0.419. The molecule has 1 atom stereocenters. The van der Waals surface area contributed by atoms with Gasteiger partial charge in [-0.3, -0.25) is 13.9 Å². The van der Waals surface area contributed by atoms with E-state index in [4.69, 9.17) is 20.2 Å². The molecular formula is C24H27N5O4. The first kappa shape index (κ1) is 22.3. The average Bonchev–Trinajstić information content (AvgIpc) is 2.82. The summed E-state index contributed by atoms with van der Waals surface area (Å²) in [5, 5.41) is 2.50. The number of benzene rings is 2. The van der Waals surface area contributed by atoms with Crippen LogP contribution in [-0.2, 0) is 24.3 Å². The van der Waals surface area contributed by atoms with Crippen molar-refractivity contribution in [2.75, 3.05) is 14.2 Å². The Labute approximate surface area is 191 Å². The third-order valence-corrected chi connectivity index (χ3v) is 5.80. The molecule has 9 heteroatoms. The maximum absolute atomic E-state index is 13.6. The standard InChI is InChI=1S/C24H27N5O4/c1-15-6-4-5-7-18(15)27-23-12-19-17-11-21(33-3)20(32-2)10-16(17)8-9-28(19)24(31)29(23)13-22(25)26-14-30/h4-7,10-12,14,22H,8-9,13,25H2,1-3H3,(H,26,30). The fraction of sp³-hybridized carbons (Fsp3) is 0.292. The Morgan fingerprint density at radius 2 is 1.91 bits per heavy atom. The van der Waals surface area contributed by atoms with Crippen LogP contribution in [0.25, 0.3) is 11.3 Å². The highest BCUT2D eigenvalue weighted by atomic mass is 16.5. The highest BCUT2D eigenvalue weighted by Crippen LogP contribution is 2.37. The van der Waals surface area contributed by atoms with Crippen LogP contribution in [0, 0.1) is 6.92 Å². The van der Waals surface area contributed by atoms with E-state index >= 15 is 0 Å². The molecule has 9 nitrogen and oxygen atoms in total. The number of aryl methyl sites for hydroxylation is 2. The van der Waals surface area contributed by atoms with Crippen molar-refractivity contribution in [3.8, 4) is 22.8 Å². The number of nitrogens with zero attached hydrogens (tertiary/aromatic N) is 3. The van der Waals surface area contributed by atoms with Crippen molar-refractivity contribution >= 4 is 12.1 Å². The minimum atomic E-state index is -0.732. The van der Waals surface area contributed by atoms with Crippen LogP contribution in [0.2, 0.25) is 0 Å². The topological polar surface area (TPSA) is 113 Å². The van der Waals surface area contributed by atoms with Crippen molar-refractivity contribution in [2.45, 2.75) is 32.6 Å². The molecule has 0 spiro atoms. The fourth-order valence-electron chi connectivity index (χ4n) is 4.08. The zero-order valence-corrected chi connectivity index (χ0v) is 18.9. The summed E-state index contributed by atoms with van der Waals surface area (Å²) in [7, 11) is 3.18. The number of fused-ring (bicyclic) bond motifs is 3. The van der Waals surface area contributed by atoms with E-state index in [1.807, 2.05) is 49.4 Å². The van der Waals surface area contributed by atoms with Gasteiger partial charge in [0.25, 0.3) is 0 Å². The molecule has 33 heavy (non-hydrogen) atoms. The predicted molar refractivity (Wildman–Crippen MR) is 125 cm³/mol. The van der Waals surface area contributed by atoms with Crippen LogP contribution < -0.4 is 31.7 Å². The van der Waals surface area contributed by atoms with Crippen LogP contribution in [0.5, 0.6) is 11.5 Å². The molecule has 2 heterocycles. The second-order valence-electron chi connectivity index (χ2n) is 7.84. The first-order valence-corrected chi connectivity index (χ1v) is 10.6. The molecule has 1 amide bonds. The molecule has 3 N–H and O–H groups in total. The molecule has 0 radical (unpaired) electrons. The number of amides is 1. The lowest BCUT2D eigenvalue weighted by Gasteiger charge is -2.25. The largest absolute Gasteiger partial charge is 0.493 e. The van der Waals surface area contributed by atoms with E-state index in [0.717, 1.165) is 28.1 Å². The molecule has 1 aromatic heterocycles. The molecule has 1 aliphatic heterocycles. The summed E-state index contributed by atoms with van der Waals surface area (Å²) >= 11 is 0. The smallest absolute Gasteiger partial charge is 0.330 e. The zero-order valence-electron chi connectivity index (χ0n) is 18.9. The van der Waals surface area contributed by atoms with Gasteiger partial charge in [0.1, 0.15) is 5.49 Å². The number of para-hydroxylation sites is 1. The highest BCUT2D eigenvalue weighted by Gasteiger charge is 2.22. The third kappa shape index (κ3) is 4.27. The van der Waals surface area contributed by atoms with Crippen LogP contribution in [0.3, 0.4) is 0 Å². The molecule has 1 unspecified atom stereocenters. The van der Waals surface area contributed by atoms with Gasteiger partial charge in [-0.1, -0.05) is 18.2 Å². The summed E-state index contributed by atoms with van der Waals surface area (Å²) in [6.07, 6.45) is 0.454. The molecule has 0 fully saturated rings. The van der Waals surface area contributed by atoms with E-state index in [-0.39, 0.29) is 12.2 Å². The number of carbonyl (C=O) groups excluding carboxylic acids is 1. The Kier molecular flexibility index (Phi) is 6.32. The first-order valence-electron chi connectivity index (χ1n) is 10.6. The number of ether oxygens (including phenoxy) is 2. The molecule has 3 aromatic rings. The maximum Gasteiger partial charge on any atom is 0.330 e. The van der Waals surface area contributed by atoms with Gasteiger partial charge in [-0.05, 0) is 42.7 Å². The SMILES string of the molecule is COc1cc2c(cc1OC)-c1cc(=Nc3ccccc3C)n(CC(N)NC=O)c(=O)n1CC2. The Bertz CT molecular complexity index is 1330. The zero-order chi connectivity index (χ0) is 23.5. The number of nitrogens with two attached hydrogens (primary N) is 1. The van der Waals surface area contributed by atoms with Crippen LogP contribution in [0.4, 0.5) is 5.69 Å². The van der Waals surface area contributed by atoms with Crippen molar-refractivity contribution in [1.29, 1.82) is 0 Å². The Morgan fingerprint density at radius 1 is 1.18 bits per heavy atom. The number of methoxy groups -OCH3 is 2. The summed E-state index contributed by atoms with van der Waals surface area (Å²) in [5.41, 5.74) is 10.6. The molecule has 0 aliphatic carbocycles. The molecule has 0 bridgehead atoms. The maximum atomic E-state index is 13.6. The van der Waals surface area contributed by atoms with E-state index in [2.05, 4.69) is 5.32 Å². The summed E-state index contributed by atoms with van der Waals surface area (Å²) in [6, 6.07) is 13.4. The van der Waals surface area contributed by atoms with E-state index in [9.17, 15) is 9.59 Å². The Balaban J connectivity index is 1.99. The molecule has 2 aromatic carbocycles. The molecule has 0 saturated heterocycles. The molecule has 0 saturated carbocycles. The van der Waals surface area contributed by atoms with E-state index in [1.165, 1.54) is 4.57 Å². The second-order valence-corrected chi connectivity index (χ2v) is 7.84. The van der Waals surface area contributed by atoms with E-state index < -0.39 is 6.17 Å². The van der Waals surface area contributed by atoms with Gasteiger partial charge >= 0.3 is 5.69 Å². The van der Waals surface area contributed by atoms with Crippen molar-refractivity contribution in [3.63, 3.8) is 0 Å². The number of rotatable bonds is 7. The van der Waals surface area contributed by atoms with Crippen LogP contribution in [-0.4, -0.2) is 35.9 Å². The predicted octanol–water partition coefficient (Wildman–Crippen LogP) is 1.46. The van der Waals surface area contributed by atoms with Gasteiger partial charge in [0.2, 0.25) is 6.41 Å². The number of hydrogen-bond donors (Lipinski definition) is 2. The summed E-state index contributed by atoms with van der Waals surface area (Å²) in [4.78, 5) is 29.2. The van der Waals surface area contributed by atoms with Gasteiger partial charge in [-0.25, -0.2) is 9.79 Å². The van der Waals surface area contributed by atoms with Crippen LogP contribution in [0.15, 0.2) is 52.3 Å². The minimum Gasteiger partial charge on any atom is -0.493 e. The van der Waals surface area contributed by atoms with Gasteiger partial charge < -0.3 is 20.5 Å². The van der Waals surface area contributed by atoms with Crippen molar-refractivity contribution < 1.29 is 14.3 Å². The number of hydrogen-bond acceptors (Lipinski definition) is 6. The normalized spacial score (nSPS) is 13.6. The third-order valence-electron chi connectivity index (χ3n) is 5.80.